The predicted molar refractivity (Wildman–Crippen MR) is 87.0 cm³/mol. The number of allylic oxidation sites excluding steroid dienone is 2. The zero-order chi connectivity index (χ0) is 16.8. The lowest BCUT2D eigenvalue weighted by molar-refractivity contribution is -0.173. The molecule has 124 valence electrons. The maximum Gasteiger partial charge on any atom is 0.412 e. The Morgan fingerprint density at radius 2 is 1.83 bits per heavy atom. The van der Waals surface area contributed by atoms with E-state index in [4.69, 9.17) is 34.8 Å². The van der Waals surface area contributed by atoms with E-state index in [-0.39, 0.29) is 17.0 Å². The average Bonchev–Trinajstić information content (AvgIpc) is 2.41. The lowest BCUT2D eigenvalue weighted by Gasteiger charge is -2.48. The third-order valence-corrected chi connectivity index (χ3v) is 5.18. The van der Waals surface area contributed by atoms with Gasteiger partial charge in [0.1, 0.15) is 6.04 Å². The van der Waals surface area contributed by atoms with Crippen LogP contribution in [0.25, 0.3) is 0 Å². The number of alkyl halides is 3. The Hall–Kier alpha value is -0.840. The van der Waals surface area contributed by atoms with Crippen molar-refractivity contribution < 1.29 is 13.2 Å². The molecule has 3 rings (SSSR count). The van der Waals surface area contributed by atoms with Crippen LogP contribution in [-0.4, -0.2) is 23.2 Å². The number of benzene rings is 1. The molecule has 2 aliphatic rings. The van der Waals surface area contributed by atoms with E-state index in [1.54, 1.807) is 18.2 Å². The Morgan fingerprint density at radius 1 is 1.09 bits per heavy atom. The van der Waals surface area contributed by atoms with Crippen molar-refractivity contribution in [1.29, 1.82) is 0 Å². The standard InChI is InChI=1S/C16H13Cl3F3N/c17-9-1-2-11(13(19)7-9)12-3-4-14(12)23-6-5-10(18)8-15(23)16(20,21)22/h1-2,5-8,12,14-15H,3-4H2/t12-,14-,15?/m0/s1. The fourth-order valence-electron chi connectivity index (χ4n) is 3.13. The number of hydrogen-bond acceptors (Lipinski definition) is 1. The van der Waals surface area contributed by atoms with Crippen LogP contribution < -0.4 is 0 Å². The quantitative estimate of drug-likeness (QED) is 0.595. The van der Waals surface area contributed by atoms with Gasteiger partial charge in [0.05, 0.1) is 0 Å². The molecule has 0 bridgehead atoms. The molecule has 0 N–H and O–H groups in total. The molecule has 1 heterocycles. The first-order valence-corrected chi connectivity index (χ1v) is 8.25. The minimum atomic E-state index is -4.38. The van der Waals surface area contributed by atoms with Crippen molar-refractivity contribution in [2.45, 2.75) is 37.0 Å². The largest absolute Gasteiger partial charge is 0.412 e. The van der Waals surface area contributed by atoms with Gasteiger partial charge in [0, 0.05) is 33.2 Å². The van der Waals surface area contributed by atoms with Gasteiger partial charge in [-0.3, -0.25) is 0 Å². The van der Waals surface area contributed by atoms with E-state index in [2.05, 4.69) is 0 Å². The molecule has 0 saturated heterocycles. The van der Waals surface area contributed by atoms with Crippen molar-refractivity contribution in [2.75, 3.05) is 0 Å². The molecule has 0 amide bonds. The fraction of sp³-hybridized carbons (Fsp3) is 0.375. The molecule has 1 aromatic rings. The highest BCUT2D eigenvalue weighted by atomic mass is 35.5. The number of hydrogen-bond donors (Lipinski definition) is 0. The number of nitrogens with zero attached hydrogens (tertiary/aromatic N) is 1. The van der Waals surface area contributed by atoms with Gasteiger partial charge < -0.3 is 4.90 Å². The molecular formula is C16H13Cl3F3N. The van der Waals surface area contributed by atoms with Crippen LogP contribution >= 0.6 is 34.8 Å². The number of halogens is 6. The first-order chi connectivity index (χ1) is 10.8. The maximum atomic E-state index is 13.3. The molecule has 1 unspecified atom stereocenters. The van der Waals surface area contributed by atoms with E-state index >= 15 is 0 Å². The molecule has 0 aromatic heterocycles. The van der Waals surface area contributed by atoms with Crippen LogP contribution in [0, 0.1) is 0 Å². The molecule has 23 heavy (non-hydrogen) atoms. The van der Waals surface area contributed by atoms with Gasteiger partial charge in [-0.2, -0.15) is 13.2 Å². The van der Waals surface area contributed by atoms with Crippen LogP contribution in [-0.2, 0) is 0 Å². The van der Waals surface area contributed by atoms with E-state index in [0.717, 1.165) is 18.1 Å². The summed E-state index contributed by atoms with van der Waals surface area (Å²) in [6, 6.07) is 3.15. The second-order valence-corrected chi connectivity index (χ2v) is 7.00. The second kappa shape index (κ2) is 6.23. The first-order valence-electron chi connectivity index (χ1n) is 7.12. The van der Waals surface area contributed by atoms with Crippen molar-refractivity contribution in [3.8, 4) is 0 Å². The maximum absolute atomic E-state index is 13.3. The molecule has 3 atom stereocenters. The Bertz CT molecular complexity index is 669. The van der Waals surface area contributed by atoms with Gasteiger partial charge in [0.2, 0.25) is 0 Å². The summed E-state index contributed by atoms with van der Waals surface area (Å²) in [6.07, 6.45) is 1.05. The van der Waals surface area contributed by atoms with E-state index < -0.39 is 12.2 Å². The molecule has 1 fully saturated rings. The molecule has 1 aliphatic heterocycles. The summed E-state index contributed by atoms with van der Waals surface area (Å²) in [5.74, 6) is -0.0560. The van der Waals surface area contributed by atoms with Crippen molar-refractivity contribution in [3.05, 3.63) is 57.2 Å². The first kappa shape index (κ1) is 17.0. The molecule has 7 heteroatoms. The normalized spacial score (nSPS) is 27.7. The van der Waals surface area contributed by atoms with Gasteiger partial charge in [0.15, 0.2) is 0 Å². The monoisotopic (exact) mass is 381 g/mol. The van der Waals surface area contributed by atoms with Crippen molar-refractivity contribution in [3.63, 3.8) is 0 Å². The van der Waals surface area contributed by atoms with Crippen LogP contribution in [0.1, 0.15) is 24.3 Å². The van der Waals surface area contributed by atoms with Crippen LogP contribution in [0.5, 0.6) is 0 Å². The molecule has 1 saturated carbocycles. The minimum absolute atomic E-state index is 0.0560. The van der Waals surface area contributed by atoms with E-state index in [1.807, 2.05) is 0 Å². The third-order valence-electron chi connectivity index (χ3n) is 4.36. The summed E-state index contributed by atoms with van der Waals surface area (Å²) in [5.41, 5.74) is 0.835. The minimum Gasteiger partial charge on any atom is -0.359 e. The summed E-state index contributed by atoms with van der Waals surface area (Å²) in [6.45, 7) is 0. The highest BCUT2D eigenvalue weighted by Gasteiger charge is 2.48. The summed E-state index contributed by atoms with van der Waals surface area (Å²) in [7, 11) is 0. The summed E-state index contributed by atoms with van der Waals surface area (Å²) in [4.78, 5) is 1.34. The Labute approximate surface area is 147 Å². The van der Waals surface area contributed by atoms with E-state index in [9.17, 15) is 13.2 Å². The topological polar surface area (TPSA) is 3.24 Å². The molecule has 1 aliphatic carbocycles. The zero-order valence-corrected chi connectivity index (χ0v) is 14.1. The van der Waals surface area contributed by atoms with Crippen LogP contribution in [0.15, 0.2) is 41.6 Å². The van der Waals surface area contributed by atoms with Gasteiger partial charge in [-0.05, 0) is 42.7 Å². The lowest BCUT2D eigenvalue weighted by Crippen LogP contribution is -2.53. The highest BCUT2D eigenvalue weighted by molar-refractivity contribution is 6.35. The molecule has 1 aromatic carbocycles. The number of rotatable bonds is 2. The van der Waals surface area contributed by atoms with Crippen molar-refractivity contribution >= 4 is 34.8 Å². The average molecular weight is 383 g/mol. The van der Waals surface area contributed by atoms with Crippen LogP contribution in [0.2, 0.25) is 10.0 Å². The smallest absolute Gasteiger partial charge is 0.359 e. The summed E-state index contributed by atoms with van der Waals surface area (Å²) in [5, 5.41) is 1.10. The Balaban J connectivity index is 1.88. The van der Waals surface area contributed by atoms with E-state index in [1.165, 1.54) is 17.2 Å². The van der Waals surface area contributed by atoms with Crippen molar-refractivity contribution in [2.24, 2.45) is 0 Å². The SMILES string of the molecule is FC(F)(F)C1C=C(Cl)C=CN1[C@H]1CC[C@H]1c1ccc(Cl)cc1Cl. The second-order valence-electron chi connectivity index (χ2n) is 5.72. The lowest BCUT2D eigenvalue weighted by atomic mass is 9.73. The Morgan fingerprint density at radius 3 is 2.39 bits per heavy atom. The van der Waals surface area contributed by atoms with Gasteiger partial charge in [-0.15, -0.1) is 0 Å². The molecule has 0 spiro atoms. The van der Waals surface area contributed by atoms with Crippen LogP contribution in [0.3, 0.4) is 0 Å². The predicted octanol–water partition coefficient (Wildman–Crippen LogP) is 6.12. The molecular weight excluding hydrogens is 370 g/mol. The van der Waals surface area contributed by atoms with Crippen molar-refractivity contribution in [1.82, 2.24) is 4.90 Å². The van der Waals surface area contributed by atoms with E-state index in [0.29, 0.717) is 16.5 Å². The summed E-state index contributed by atoms with van der Waals surface area (Å²) < 4.78 is 40.0. The van der Waals surface area contributed by atoms with Gasteiger partial charge in [-0.25, -0.2) is 0 Å². The molecule has 0 radical (unpaired) electrons. The Kier molecular flexibility index (Phi) is 4.60. The van der Waals surface area contributed by atoms with Crippen LogP contribution in [0.4, 0.5) is 13.2 Å². The van der Waals surface area contributed by atoms with Gasteiger partial charge in [-0.1, -0.05) is 40.9 Å². The van der Waals surface area contributed by atoms with Gasteiger partial charge >= 0.3 is 6.18 Å². The van der Waals surface area contributed by atoms with Gasteiger partial charge in [0.25, 0.3) is 0 Å². The third kappa shape index (κ3) is 3.35. The zero-order valence-electron chi connectivity index (χ0n) is 11.8. The highest BCUT2D eigenvalue weighted by Crippen LogP contribution is 2.46. The fourth-order valence-corrected chi connectivity index (χ4v) is 3.85. The summed E-state index contributed by atoms with van der Waals surface area (Å²) >= 11 is 17.9. The molecule has 1 nitrogen and oxygen atoms in total.